The van der Waals surface area contributed by atoms with Gasteiger partial charge in [-0.25, -0.2) is 9.59 Å². The average molecular weight is 921 g/mol. The Morgan fingerprint density at radius 3 is 1.04 bits per heavy atom. The summed E-state index contributed by atoms with van der Waals surface area (Å²) in [5.41, 5.74) is 11.6. The van der Waals surface area contributed by atoms with Crippen molar-refractivity contribution in [1.82, 2.24) is 0 Å². The molecule has 0 unspecified atom stereocenters. The molecular weight excluding hydrogens is 841 g/mol. The van der Waals surface area contributed by atoms with Crippen molar-refractivity contribution in [3.8, 4) is 22.6 Å². The Hall–Kier alpha value is -6.14. The molecule has 6 nitrogen and oxygen atoms in total. The predicted octanol–water partition coefficient (Wildman–Crippen LogP) is 17.8. The lowest BCUT2D eigenvalue weighted by Crippen LogP contribution is -2.38. The number of hydrogen-bond acceptors (Lipinski definition) is 5. The fraction of sp³-hybridized carbons (Fsp3) is 0.387. The summed E-state index contributed by atoms with van der Waals surface area (Å²) < 4.78 is 13.9. The van der Waals surface area contributed by atoms with Gasteiger partial charge in [-0.1, -0.05) is 199 Å². The highest BCUT2D eigenvalue weighted by Gasteiger charge is 2.46. The Morgan fingerprint density at radius 1 is 0.426 bits per heavy atom. The summed E-state index contributed by atoms with van der Waals surface area (Å²) in [6, 6.07) is 48.7. The van der Waals surface area contributed by atoms with E-state index in [0.29, 0.717) is 11.5 Å². The number of fused-ring (bicyclic) bond motifs is 3. The summed E-state index contributed by atoms with van der Waals surface area (Å²) in [6.45, 7) is 24.2. The van der Waals surface area contributed by atoms with Gasteiger partial charge >= 0.3 is 12.3 Å². The van der Waals surface area contributed by atoms with Crippen LogP contribution in [-0.4, -0.2) is 24.5 Å². The monoisotopic (exact) mass is 921 g/mol. The molecule has 0 atom stereocenters. The first kappa shape index (κ1) is 56.2. The average Bonchev–Trinajstić information content (AvgIpc) is 3.67. The molecule has 0 radical (unpaired) electrons. The van der Waals surface area contributed by atoms with Crippen molar-refractivity contribution in [2.45, 2.75) is 127 Å². The van der Waals surface area contributed by atoms with Crippen molar-refractivity contribution in [1.29, 1.82) is 0 Å². The fourth-order valence-electron chi connectivity index (χ4n) is 10.1. The van der Waals surface area contributed by atoms with E-state index in [0.717, 1.165) is 11.1 Å². The third-order valence-corrected chi connectivity index (χ3v) is 12.5. The second kappa shape index (κ2) is 28.9. The first-order valence-corrected chi connectivity index (χ1v) is 25.1. The van der Waals surface area contributed by atoms with E-state index in [1.54, 1.807) is 62.8 Å². The molecule has 0 heterocycles. The molecule has 0 amide bonds. The SMILES string of the molecule is C1C2CC3CC1CC(C2)C3.CC.CC.CC.CC.COC(=O)Oc1ccc(C)cc1.Cc1ccc(C)cc1.Cc1ccc(C2(c3ccc(OC(=O)O)cc3)c3ccccc3-c3ccccc32)cc1. The van der Waals surface area contributed by atoms with Crippen LogP contribution < -0.4 is 9.47 Å². The van der Waals surface area contributed by atoms with Gasteiger partial charge in [-0.15, -0.1) is 0 Å². The minimum atomic E-state index is -1.31. The number of carbonyl (C=O) groups excluding carboxylic acids is 1. The van der Waals surface area contributed by atoms with Crippen LogP contribution in [0.15, 0.2) is 146 Å². The molecule has 5 aliphatic carbocycles. The summed E-state index contributed by atoms with van der Waals surface area (Å²) in [5.74, 6) is 5.51. The van der Waals surface area contributed by atoms with Crippen molar-refractivity contribution in [3.63, 3.8) is 0 Å². The number of methoxy groups -OCH3 is 1. The maximum absolute atomic E-state index is 10.9. The van der Waals surface area contributed by atoms with Crippen LogP contribution in [0, 0.1) is 51.4 Å². The molecule has 5 aliphatic rings. The van der Waals surface area contributed by atoms with Crippen molar-refractivity contribution >= 4 is 12.3 Å². The first-order chi connectivity index (χ1) is 33.0. The smallest absolute Gasteiger partial charge is 0.449 e. The molecule has 0 aliphatic heterocycles. The summed E-state index contributed by atoms with van der Waals surface area (Å²) in [7, 11) is 1.27. The van der Waals surface area contributed by atoms with Crippen molar-refractivity contribution in [2.24, 2.45) is 23.7 Å². The Bertz CT molecular complexity index is 2240. The molecule has 4 fully saturated rings. The maximum Gasteiger partial charge on any atom is 0.513 e. The second-order valence-corrected chi connectivity index (χ2v) is 17.0. The van der Waals surface area contributed by atoms with Crippen LogP contribution in [0.25, 0.3) is 11.1 Å². The fourth-order valence-corrected chi connectivity index (χ4v) is 10.1. The Balaban J connectivity index is 0.000000264. The third-order valence-electron chi connectivity index (χ3n) is 12.5. The molecular formula is C62H80O6. The quantitative estimate of drug-likeness (QED) is 0.140. The molecule has 4 saturated carbocycles. The van der Waals surface area contributed by atoms with Crippen LogP contribution >= 0.6 is 0 Å². The molecule has 6 heteroatoms. The highest BCUT2D eigenvalue weighted by molar-refractivity contribution is 5.86. The minimum Gasteiger partial charge on any atom is -0.449 e. The number of hydrogen-bond donors (Lipinski definition) is 1. The van der Waals surface area contributed by atoms with Gasteiger partial charge < -0.3 is 19.3 Å². The Kier molecular flexibility index (Phi) is 23.9. The first-order valence-electron chi connectivity index (χ1n) is 25.1. The third kappa shape index (κ3) is 14.9. The van der Waals surface area contributed by atoms with Crippen molar-refractivity contribution in [3.05, 3.63) is 190 Å². The van der Waals surface area contributed by atoms with Gasteiger partial charge in [0.1, 0.15) is 11.5 Å². The van der Waals surface area contributed by atoms with E-state index in [1.165, 1.54) is 75.3 Å². The van der Waals surface area contributed by atoms with Gasteiger partial charge in [-0.3, -0.25) is 0 Å². The zero-order chi connectivity index (χ0) is 50.2. The number of carboxylic acid groups (broad SMARTS) is 1. The molecule has 0 aromatic heterocycles. The lowest BCUT2D eigenvalue weighted by atomic mass is 9.56. The summed E-state index contributed by atoms with van der Waals surface area (Å²) in [4.78, 5) is 21.6. The standard InChI is InChI=1S/C27H20O3.C10H16.C9H10O3.C8H10.4C2H6/c1-18-10-12-19(13-11-18)27(20-14-16-21(17-15-20)30-26(28)29)24-8-4-2-6-22(24)23-7-3-5-9-25(23)27;1-7-2-9-4-8(1)5-10(3-7)6-9;1-7-3-5-8(6-4-7)12-9(10)11-2;1-7-3-5-8(2)6-4-7;4*1-2/h2-17H,1H3,(H,28,29);7-10H,1-6H2;3-6H,1-2H3;3-6H,1-2H3;4*1-2H3. The predicted molar refractivity (Wildman–Crippen MR) is 284 cm³/mol. The van der Waals surface area contributed by atoms with E-state index in [2.05, 4.69) is 123 Å². The van der Waals surface area contributed by atoms with E-state index in [1.807, 2.05) is 86.6 Å². The van der Waals surface area contributed by atoms with E-state index >= 15 is 0 Å². The lowest BCUT2D eigenvalue weighted by Gasteiger charge is -2.49. The van der Waals surface area contributed by atoms with Gasteiger partial charge in [0.15, 0.2) is 0 Å². The summed E-state index contributed by atoms with van der Waals surface area (Å²) >= 11 is 0. The minimum absolute atomic E-state index is 0.310. The normalized spacial score (nSPS) is 17.4. The van der Waals surface area contributed by atoms with Crippen LogP contribution in [0.2, 0.25) is 0 Å². The molecule has 6 aromatic rings. The van der Waals surface area contributed by atoms with E-state index < -0.39 is 17.7 Å². The van der Waals surface area contributed by atoms with Gasteiger partial charge in [0.2, 0.25) is 0 Å². The summed E-state index contributed by atoms with van der Waals surface area (Å²) in [6.07, 6.45) is 7.62. The zero-order valence-electron chi connectivity index (χ0n) is 43.4. The summed E-state index contributed by atoms with van der Waals surface area (Å²) in [5, 5.41) is 8.94. The molecule has 11 rings (SSSR count). The van der Waals surface area contributed by atoms with E-state index in [-0.39, 0.29) is 0 Å². The topological polar surface area (TPSA) is 82.1 Å². The molecule has 0 saturated heterocycles. The van der Waals surface area contributed by atoms with Gasteiger partial charge in [-0.2, -0.15) is 0 Å². The molecule has 364 valence electrons. The van der Waals surface area contributed by atoms with Crippen LogP contribution in [0.1, 0.15) is 138 Å². The number of rotatable bonds is 4. The molecule has 6 aromatic carbocycles. The van der Waals surface area contributed by atoms with Crippen molar-refractivity contribution < 1.29 is 28.9 Å². The van der Waals surface area contributed by atoms with Gasteiger partial charge in [-0.05, 0) is 148 Å². The molecule has 68 heavy (non-hydrogen) atoms. The molecule has 1 N–H and O–H groups in total. The largest absolute Gasteiger partial charge is 0.513 e. The lowest BCUT2D eigenvalue weighted by molar-refractivity contribution is 0.0198. The number of ether oxygens (including phenoxy) is 3. The highest BCUT2D eigenvalue weighted by atomic mass is 16.7. The molecule has 0 spiro atoms. The van der Waals surface area contributed by atoms with E-state index in [9.17, 15) is 9.59 Å². The number of benzene rings is 6. The van der Waals surface area contributed by atoms with Gasteiger partial charge in [0.05, 0.1) is 12.5 Å². The Morgan fingerprint density at radius 2 is 0.706 bits per heavy atom. The van der Waals surface area contributed by atoms with Crippen LogP contribution in [0.5, 0.6) is 11.5 Å². The number of carbonyl (C=O) groups is 2. The zero-order valence-corrected chi connectivity index (χ0v) is 43.4. The van der Waals surface area contributed by atoms with Crippen molar-refractivity contribution in [2.75, 3.05) is 7.11 Å². The molecule has 4 bridgehead atoms. The highest BCUT2D eigenvalue weighted by Crippen LogP contribution is 2.56. The van der Waals surface area contributed by atoms with Crippen LogP contribution in [-0.2, 0) is 10.2 Å². The second-order valence-electron chi connectivity index (χ2n) is 17.0. The Labute approximate surface area is 410 Å². The number of aryl methyl sites for hydroxylation is 4. The van der Waals surface area contributed by atoms with Crippen LogP contribution in [0.4, 0.5) is 9.59 Å². The van der Waals surface area contributed by atoms with E-state index in [4.69, 9.17) is 14.6 Å². The van der Waals surface area contributed by atoms with Gasteiger partial charge in [0, 0.05) is 0 Å². The van der Waals surface area contributed by atoms with Gasteiger partial charge in [0.25, 0.3) is 0 Å². The van der Waals surface area contributed by atoms with Crippen LogP contribution in [0.3, 0.4) is 0 Å². The maximum atomic E-state index is 10.9.